The van der Waals surface area contributed by atoms with Crippen LogP contribution in [0.5, 0.6) is 0 Å². The highest BCUT2D eigenvalue weighted by Crippen LogP contribution is 2.27. The van der Waals surface area contributed by atoms with E-state index in [1.165, 1.54) is 0 Å². The van der Waals surface area contributed by atoms with Crippen molar-refractivity contribution in [3.63, 3.8) is 0 Å². The molecule has 132 valence electrons. The lowest BCUT2D eigenvalue weighted by Gasteiger charge is -2.32. The van der Waals surface area contributed by atoms with E-state index in [1.807, 2.05) is 41.7 Å². The zero-order valence-electron chi connectivity index (χ0n) is 14.5. The fourth-order valence-corrected chi connectivity index (χ4v) is 3.53. The van der Waals surface area contributed by atoms with Crippen molar-refractivity contribution in [2.45, 2.75) is 25.3 Å². The average Bonchev–Trinajstić information content (AvgIpc) is 3.17. The van der Waals surface area contributed by atoms with Crippen LogP contribution in [0.4, 0.5) is 0 Å². The number of piperidine rings is 1. The van der Waals surface area contributed by atoms with Gasteiger partial charge in [0.25, 0.3) is 5.91 Å². The van der Waals surface area contributed by atoms with Crippen LogP contribution in [0.25, 0.3) is 0 Å². The summed E-state index contributed by atoms with van der Waals surface area (Å²) in [7, 11) is 0. The Morgan fingerprint density at radius 1 is 1.12 bits per heavy atom. The molecule has 0 bridgehead atoms. The molecule has 3 aromatic heterocycles. The maximum Gasteiger partial charge on any atom is 0.272 e. The first-order valence-corrected chi connectivity index (χ1v) is 8.91. The third kappa shape index (κ3) is 3.49. The Morgan fingerprint density at radius 2 is 2.08 bits per heavy atom. The number of amides is 1. The number of aromatic nitrogens is 4. The van der Waals surface area contributed by atoms with Gasteiger partial charge in [0.2, 0.25) is 0 Å². The van der Waals surface area contributed by atoms with Crippen LogP contribution in [0, 0.1) is 0 Å². The molecule has 0 aliphatic carbocycles. The lowest BCUT2D eigenvalue weighted by molar-refractivity contribution is 0.0697. The molecule has 1 amide bonds. The van der Waals surface area contributed by atoms with Gasteiger partial charge in [0, 0.05) is 50.0 Å². The number of hydrogen-bond donors (Lipinski definition) is 0. The second-order valence-corrected chi connectivity index (χ2v) is 6.58. The second-order valence-electron chi connectivity index (χ2n) is 6.58. The quantitative estimate of drug-likeness (QED) is 0.728. The summed E-state index contributed by atoms with van der Waals surface area (Å²) in [6.07, 6.45) is 11.2. The lowest BCUT2D eigenvalue weighted by Crippen LogP contribution is -2.40. The van der Waals surface area contributed by atoms with E-state index in [2.05, 4.69) is 25.6 Å². The van der Waals surface area contributed by atoms with Crippen LogP contribution < -0.4 is 0 Å². The number of likely N-dealkylation sites (tertiary alicyclic amines) is 1. The Labute approximate surface area is 152 Å². The Bertz CT molecular complexity index is 862. The molecular weight excluding hydrogens is 326 g/mol. The first-order chi connectivity index (χ1) is 12.8. The maximum absolute atomic E-state index is 12.7. The third-order valence-corrected chi connectivity index (χ3v) is 4.78. The van der Waals surface area contributed by atoms with E-state index in [1.54, 1.807) is 18.5 Å². The molecule has 6 heteroatoms. The van der Waals surface area contributed by atoms with Crippen molar-refractivity contribution in [3.8, 4) is 0 Å². The van der Waals surface area contributed by atoms with Crippen LogP contribution >= 0.6 is 0 Å². The number of imidazole rings is 1. The SMILES string of the molecule is O=C(c1ccccn1)N1CCC[C@H](c2nccn2Cc2cccnc2)C1. The van der Waals surface area contributed by atoms with Crippen molar-refractivity contribution in [2.24, 2.45) is 0 Å². The minimum absolute atomic E-state index is 0.000616. The molecule has 0 unspecified atom stereocenters. The van der Waals surface area contributed by atoms with E-state index in [9.17, 15) is 4.79 Å². The topological polar surface area (TPSA) is 63.9 Å². The normalized spacial score (nSPS) is 17.2. The van der Waals surface area contributed by atoms with E-state index >= 15 is 0 Å². The standard InChI is InChI=1S/C20H21N5O/c26-20(18-7-1-2-9-22-18)25-11-4-6-17(15-25)19-23-10-12-24(19)14-16-5-3-8-21-13-16/h1-3,5,7-10,12-13,17H,4,6,11,14-15H2/t17-/m0/s1. The van der Waals surface area contributed by atoms with Crippen molar-refractivity contribution in [3.05, 3.63) is 78.4 Å². The first kappa shape index (κ1) is 16.4. The molecule has 26 heavy (non-hydrogen) atoms. The molecule has 1 aliphatic rings. The van der Waals surface area contributed by atoms with Gasteiger partial charge in [-0.15, -0.1) is 0 Å². The Hall–Kier alpha value is -3.02. The van der Waals surface area contributed by atoms with E-state index in [0.29, 0.717) is 12.2 Å². The van der Waals surface area contributed by atoms with Gasteiger partial charge in [-0.2, -0.15) is 0 Å². The van der Waals surface area contributed by atoms with E-state index in [4.69, 9.17) is 0 Å². The van der Waals surface area contributed by atoms with Gasteiger partial charge in [0.05, 0.1) is 6.54 Å². The zero-order valence-corrected chi connectivity index (χ0v) is 14.5. The predicted octanol–water partition coefficient (Wildman–Crippen LogP) is 2.74. The molecule has 6 nitrogen and oxygen atoms in total. The van der Waals surface area contributed by atoms with Crippen molar-refractivity contribution < 1.29 is 4.79 Å². The van der Waals surface area contributed by atoms with Gasteiger partial charge in [0.15, 0.2) is 0 Å². The first-order valence-electron chi connectivity index (χ1n) is 8.91. The van der Waals surface area contributed by atoms with Gasteiger partial charge < -0.3 is 9.47 Å². The molecule has 3 aromatic rings. The fourth-order valence-electron chi connectivity index (χ4n) is 3.53. The molecule has 0 radical (unpaired) electrons. The highest BCUT2D eigenvalue weighted by molar-refractivity contribution is 5.92. The van der Waals surface area contributed by atoms with Crippen molar-refractivity contribution in [1.82, 2.24) is 24.4 Å². The average molecular weight is 347 g/mol. The summed E-state index contributed by atoms with van der Waals surface area (Å²) in [6, 6.07) is 9.46. The van der Waals surface area contributed by atoms with E-state index < -0.39 is 0 Å². The van der Waals surface area contributed by atoms with Crippen molar-refractivity contribution in [1.29, 1.82) is 0 Å². The molecule has 1 atom stereocenters. The van der Waals surface area contributed by atoms with Crippen LogP contribution in [0.2, 0.25) is 0 Å². The van der Waals surface area contributed by atoms with Crippen LogP contribution in [0.1, 0.15) is 40.6 Å². The minimum Gasteiger partial charge on any atom is -0.337 e. The molecule has 0 N–H and O–H groups in total. The molecule has 4 heterocycles. The van der Waals surface area contributed by atoms with Crippen LogP contribution in [0.15, 0.2) is 61.3 Å². The van der Waals surface area contributed by atoms with Crippen LogP contribution in [-0.2, 0) is 6.54 Å². The highest BCUT2D eigenvalue weighted by atomic mass is 16.2. The molecule has 4 rings (SSSR count). The third-order valence-electron chi connectivity index (χ3n) is 4.78. The second kappa shape index (κ2) is 7.47. The Morgan fingerprint density at radius 3 is 2.88 bits per heavy atom. The summed E-state index contributed by atoms with van der Waals surface area (Å²) in [5.41, 5.74) is 1.65. The fraction of sp³-hybridized carbons (Fsp3) is 0.300. The van der Waals surface area contributed by atoms with Gasteiger partial charge >= 0.3 is 0 Å². The van der Waals surface area contributed by atoms with Gasteiger partial charge in [-0.3, -0.25) is 14.8 Å². The molecule has 0 spiro atoms. The van der Waals surface area contributed by atoms with Crippen molar-refractivity contribution in [2.75, 3.05) is 13.1 Å². The van der Waals surface area contributed by atoms with Gasteiger partial charge in [-0.25, -0.2) is 4.98 Å². The number of rotatable bonds is 4. The molecular formula is C20H21N5O. The number of pyridine rings is 2. The molecule has 0 aromatic carbocycles. The van der Waals surface area contributed by atoms with Crippen LogP contribution in [0.3, 0.4) is 0 Å². The van der Waals surface area contributed by atoms with Gasteiger partial charge in [-0.05, 0) is 36.6 Å². The van der Waals surface area contributed by atoms with E-state index in [0.717, 1.165) is 37.3 Å². The van der Waals surface area contributed by atoms with Gasteiger partial charge in [-0.1, -0.05) is 12.1 Å². The Kier molecular flexibility index (Phi) is 4.73. The largest absolute Gasteiger partial charge is 0.337 e. The summed E-state index contributed by atoms with van der Waals surface area (Å²) in [4.78, 5) is 27.6. The highest BCUT2D eigenvalue weighted by Gasteiger charge is 2.28. The molecule has 1 fully saturated rings. The summed E-state index contributed by atoms with van der Waals surface area (Å²) in [5.74, 6) is 1.27. The summed E-state index contributed by atoms with van der Waals surface area (Å²) >= 11 is 0. The Balaban J connectivity index is 1.50. The molecule has 1 saturated heterocycles. The van der Waals surface area contributed by atoms with E-state index in [-0.39, 0.29) is 11.8 Å². The number of carbonyl (C=O) groups is 1. The number of carbonyl (C=O) groups excluding carboxylic acids is 1. The van der Waals surface area contributed by atoms with Gasteiger partial charge in [0.1, 0.15) is 11.5 Å². The van der Waals surface area contributed by atoms with Crippen LogP contribution in [-0.4, -0.2) is 43.4 Å². The number of hydrogen-bond acceptors (Lipinski definition) is 4. The lowest BCUT2D eigenvalue weighted by atomic mass is 9.96. The summed E-state index contributed by atoms with van der Waals surface area (Å²) in [5, 5.41) is 0. The predicted molar refractivity (Wildman–Crippen MR) is 97.7 cm³/mol. The maximum atomic E-state index is 12.7. The molecule has 1 aliphatic heterocycles. The summed E-state index contributed by atoms with van der Waals surface area (Å²) in [6.45, 7) is 2.20. The minimum atomic E-state index is 0.000616. The zero-order chi connectivity index (χ0) is 17.8. The smallest absolute Gasteiger partial charge is 0.272 e. The van der Waals surface area contributed by atoms with Crippen molar-refractivity contribution >= 4 is 5.91 Å². The number of nitrogens with zero attached hydrogens (tertiary/aromatic N) is 5. The summed E-state index contributed by atoms with van der Waals surface area (Å²) < 4.78 is 2.16. The monoisotopic (exact) mass is 347 g/mol. The molecule has 0 saturated carbocycles.